The number of aromatic hydroxyl groups is 4. The van der Waals surface area contributed by atoms with Crippen molar-refractivity contribution in [3.8, 4) is 115 Å². The molecule has 0 saturated carbocycles. The second-order valence-electron chi connectivity index (χ2n) is 24.5. The van der Waals surface area contributed by atoms with E-state index in [2.05, 4.69) is 0 Å². The molecular formula is C80H100O24. The number of benzene rings is 8. The lowest BCUT2D eigenvalue weighted by Crippen LogP contribution is -2.23. The summed E-state index contributed by atoms with van der Waals surface area (Å²) in [6.07, 6.45) is 4.49. The van der Waals surface area contributed by atoms with Gasteiger partial charge in [0.25, 0.3) is 0 Å². The monoisotopic (exact) mass is 1440 g/mol. The van der Waals surface area contributed by atoms with Crippen LogP contribution in [-0.2, 0) is 52.1 Å². The summed E-state index contributed by atoms with van der Waals surface area (Å²) < 4.78 is 88.7. The minimum atomic E-state index is -0.185. The van der Waals surface area contributed by atoms with Gasteiger partial charge in [0.05, 0.1) is 85.3 Å². The molecule has 8 N–H and O–H groups in total. The van der Waals surface area contributed by atoms with Gasteiger partial charge in [-0.25, -0.2) is 0 Å². The van der Waals surface area contributed by atoms with Crippen LogP contribution in [0.4, 0.5) is 0 Å². The Bertz CT molecular complexity index is 3630. The van der Waals surface area contributed by atoms with Crippen molar-refractivity contribution in [2.75, 3.05) is 112 Å². The van der Waals surface area contributed by atoms with Gasteiger partial charge in [0.15, 0.2) is 92.0 Å². The Morgan fingerprint density at radius 3 is 0.606 bits per heavy atom. The second-order valence-corrected chi connectivity index (χ2v) is 24.5. The van der Waals surface area contributed by atoms with E-state index in [1.807, 2.05) is 24.3 Å². The number of rotatable bonds is 42. The van der Waals surface area contributed by atoms with Crippen molar-refractivity contribution in [3.63, 3.8) is 0 Å². The smallest absolute Gasteiger partial charge is 0.203 e. The van der Waals surface area contributed by atoms with Crippen LogP contribution in [0.1, 0.15) is 70.2 Å². The molecule has 0 radical (unpaired) electrons. The van der Waals surface area contributed by atoms with E-state index in [9.17, 15) is 40.9 Å². The van der Waals surface area contributed by atoms with E-state index in [1.54, 1.807) is 126 Å². The quantitative estimate of drug-likeness (QED) is 0.0176. The van der Waals surface area contributed by atoms with Crippen molar-refractivity contribution in [2.45, 2.75) is 77.8 Å². The van der Waals surface area contributed by atoms with Gasteiger partial charge in [-0.15, -0.1) is 0 Å². The zero-order chi connectivity index (χ0) is 75.2. The Balaban J connectivity index is 0.000000291. The van der Waals surface area contributed by atoms with Crippen LogP contribution in [0.5, 0.6) is 115 Å². The molecular weight excluding hydrogens is 1340 g/mol. The molecule has 0 bridgehead atoms. The molecule has 8 aromatic rings. The van der Waals surface area contributed by atoms with E-state index in [0.29, 0.717) is 143 Å². The first-order valence-electron chi connectivity index (χ1n) is 33.8. The Morgan fingerprint density at radius 1 is 0.240 bits per heavy atom. The Labute approximate surface area is 608 Å². The average molecular weight is 1450 g/mol. The van der Waals surface area contributed by atoms with Crippen LogP contribution in [0.3, 0.4) is 0 Å². The van der Waals surface area contributed by atoms with Crippen molar-refractivity contribution in [2.24, 2.45) is 23.7 Å². The van der Waals surface area contributed by atoms with Crippen LogP contribution in [0.15, 0.2) is 121 Å². The first-order valence-corrected chi connectivity index (χ1v) is 33.8. The van der Waals surface area contributed by atoms with Gasteiger partial charge in [-0.3, -0.25) is 0 Å². The summed E-state index contributed by atoms with van der Waals surface area (Å²) in [6.45, 7) is 0.435. The molecule has 0 unspecified atom stereocenters. The van der Waals surface area contributed by atoms with E-state index in [1.165, 1.54) is 56.9 Å². The fourth-order valence-electron chi connectivity index (χ4n) is 12.5. The lowest BCUT2D eigenvalue weighted by molar-refractivity contribution is 0.158. The molecule has 0 amide bonds. The largest absolute Gasteiger partial charge is 0.504 e. The van der Waals surface area contributed by atoms with Crippen molar-refractivity contribution >= 4 is 0 Å². The number of hydrogen-bond acceptors (Lipinski definition) is 24. The van der Waals surface area contributed by atoms with E-state index in [-0.39, 0.29) is 99.5 Å². The maximum absolute atomic E-state index is 10.9. The molecule has 0 aliphatic carbocycles. The summed E-state index contributed by atoms with van der Waals surface area (Å²) in [7, 11) is 18.5. The number of phenols is 4. The Morgan fingerprint density at radius 2 is 0.442 bits per heavy atom. The van der Waals surface area contributed by atoms with Crippen molar-refractivity contribution < 1.29 is 117 Å². The third-order valence-corrected chi connectivity index (χ3v) is 17.8. The molecule has 0 saturated heterocycles. The minimum absolute atomic E-state index is 0.0153. The van der Waals surface area contributed by atoms with Crippen LogP contribution >= 0.6 is 0 Å². The molecule has 564 valence electrons. The number of phenolic OH excluding ortho intramolecular Hbond substituents is 4. The van der Waals surface area contributed by atoms with E-state index in [0.717, 1.165) is 44.5 Å². The highest BCUT2D eigenvalue weighted by Crippen LogP contribution is 2.44. The summed E-state index contributed by atoms with van der Waals surface area (Å²) in [5, 5.41) is 83.7. The first-order chi connectivity index (χ1) is 50.4. The number of aliphatic hydroxyl groups is 4. The van der Waals surface area contributed by atoms with Gasteiger partial charge in [0.2, 0.25) is 23.0 Å². The van der Waals surface area contributed by atoms with Crippen LogP contribution < -0.4 is 75.8 Å². The zero-order valence-corrected chi connectivity index (χ0v) is 61.3. The van der Waals surface area contributed by atoms with Gasteiger partial charge in [-0.05, 0) is 217 Å². The third kappa shape index (κ3) is 21.8. The zero-order valence-electron chi connectivity index (χ0n) is 61.3. The van der Waals surface area contributed by atoms with Crippen LogP contribution in [0.2, 0.25) is 0 Å². The number of hydrogen-bond donors (Lipinski definition) is 8. The Kier molecular flexibility index (Phi) is 31.9. The van der Waals surface area contributed by atoms with Gasteiger partial charge < -0.3 is 117 Å². The maximum Gasteiger partial charge on any atom is 0.203 e. The molecule has 24 heteroatoms. The summed E-state index contributed by atoms with van der Waals surface area (Å²) >= 11 is 0. The summed E-state index contributed by atoms with van der Waals surface area (Å²) in [5.41, 5.74) is 6.40. The molecule has 0 aromatic heterocycles. The lowest BCUT2D eigenvalue weighted by atomic mass is 9.80. The highest BCUT2D eigenvalue weighted by Gasteiger charge is 2.27. The molecule has 4 atom stereocenters. The van der Waals surface area contributed by atoms with Crippen LogP contribution in [0, 0.1) is 23.7 Å². The highest BCUT2D eigenvalue weighted by atomic mass is 16.6. The molecule has 8 aromatic carbocycles. The molecule has 8 rings (SSSR count). The predicted octanol–water partition coefficient (Wildman–Crippen LogP) is 12.2. The van der Waals surface area contributed by atoms with Crippen LogP contribution in [0.25, 0.3) is 0 Å². The van der Waals surface area contributed by atoms with E-state index < -0.39 is 0 Å². The predicted molar refractivity (Wildman–Crippen MR) is 390 cm³/mol. The number of aliphatic hydroxyl groups excluding tert-OH is 4. The molecule has 0 aliphatic heterocycles. The molecule has 0 heterocycles. The van der Waals surface area contributed by atoms with Crippen molar-refractivity contribution in [1.29, 1.82) is 0 Å². The maximum atomic E-state index is 10.9. The van der Waals surface area contributed by atoms with E-state index >= 15 is 0 Å². The SMILES string of the molecule is COc1cc(COc2ccc(C[C@@H](CO)[C@H](CCCO)Cc3ccc(OCc4cc(OC)c(OC)c(OC)c4)c(O)c3)cc2O)cc(OC)c1OC.COc1cc(COc2ccc(C[C@H](CO)[C@@H](CCCO)Cc3ccc(OCc4cc(OC)c(OC)c(OC)c4)c(O)c3)cc2O)cc(OC)c1OC. The summed E-state index contributed by atoms with van der Waals surface area (Å²) in [5.74, 6) is 6.61. The normalized spacial score (nSPS) is 12.1. The van der Waals surface area contributed by atoms with Crippen LogP contribution in [-0.4, -0.2) is 153 Å². The van der Waals surface area contributed by atoms with E-state index in [4.69, 9.17) is 75.8 Å². The number of methoxy groups -OCH3 is 12. The van der Waals surface area contributed by atoms with Gasteiger partial charge in [-0.2, -0.15) is 0 Å². The van der Waals surface area contributed by atoms with Crippen molar-refractivity contribution in [1.82, 2.24) is 0 Å². The van der Waals surface area contributed by atoms with Crippen molar-refractivity contribution in [3.05, 3.63) is 166 Å². The minimum Gasteiger partial charge on any atom is -0.504 e. The summed E-state index contributed by atoms with van der Waals surface area (Å²) in [4.78, 5) is 0. The third-order valence-electron chi connectivity index (χ3n) is 17.8. The second kappa shape index (κ2) is 41.0. The molecule has 0 fully saturated rings. The molecule has 24 nitrogen and oxygen atoms in total. The van der Waals surface area contributed by atoms with Gasteiger partial charge in [-0.1, -0.05) is 24.3 Å². The molecule has 0 aliphatic rings. The van der Waals surface area contributed by atoms with Gasteiger partial charge in [0, 0.05) is 26.4 Å². The highest BCUT2D eigenvalue weighted by molar-refractivity contribution is 5.57. The molecule has 0 spiro atoms. The Hall–Kier alpha value is -10.4. The van der Waals surface area contributed by atoms with Gasteiger partial charge in [0.1, 0.15) is 26.4 Å². The first kappa shape index (κ1) is 80.9. The topological polar surface area (TPSA) is 310 Å². The average Bonchev–Trinajstić information content (AvgIpc) is 0.832. The summed E-state index contributed by atoms with van der Waals surface area (Å²) in [6, 6.07) is 35.2. The fourth-order valence-corrected chi connectivity index (χ4v) is 12.5. The van der Waals surface area contributed by atoms with Gasteiger partial charge >= 0.3 is 0 Å². The molecule has 104 heavy (non-hydrogen) atoms. The standard InChI is InChI=1S/2C40H50O12/c2*1-45-35-18-27(19-36(46-2)39(35)49-5)23-51-33-11-9-25(16-31(33)43)14-29(8-7-13-41)30(22-42)15-26-10-12-34(32(44)17-26)52-24-28-20-37(47-3)40(50-6)38(21-28)48-4/h2*9-12,16-21,29-30,41-44H,7-8,13-15,22-24H2,1-6H3/t2*29-,30+/m10/s1. The number of ether oxygens (including phenoxy) is 16. The fraction of sp³-hybridized carbons (Fsp3) is 0.400. The lowest BCUT2D eigenvalue weighted by Gasteiger charge is -2.26.